The SMILES string of the molecule is O=C(c1ccn[nH]1)N1CCC[C@@H]1c1cc(CCOc2ccccc2F)[nH]n1. The molecule has 0 radical (unpaired) electrons. The van der Waals surface area contributed by atoms with Gasteiger partial charge in [-0.1, -0.05) is 12.1 Å². The lowest BCUT2D eigenvalue weighted by atomic mass is 10.1. The molecular weight excluding hydrogens is 349 g/mol. The molecule has 1 aliphatic rings. The number of nitrogens with one attached hydrogen (secondary N) is 2. The molecule has 1 amide bonds. The summed E-state index contributed by atoms with van der Waals surface area (Å²) in [6.45, 7) is 1.03. The van der Waals surface area contributed by atoms with Crippen LogP contribution in [0, 0.1) is 5.82 Å². The van der Waals surface area contributed by atoms with Gasteiger partial charge in [0.25, 0.3) is 5.91 Å². The third-order valence-corrected chi connectivity index (χ3v) is 4.70. The average Bonchev–Trinajstić information content (AvgIpc) is 3.43. The van der Waals surface area contributed by atoms with Crippen LogP contribution in [0.3, 0.4) is 0 Å². The van der Waals surface area contributed by atoms with Crippen LogP contribution in [0.2, 0.25) is 0 Å². The van der Waals surface area contributed by atoms with Crippen molar-refractivity contribution in [3.8, 4) is 5.75 Å². The molecule has 0 bridgehead atoms. The van der Waals surface area contributed by atoms with E-state index in [1.165, 1.54) is 6.07 Å². The molecule has 0 unspecified atom stereocenters. The number of H-pyrrole nitrogens is 2. The third-order valence-electron chi connectivity index (χ3n) is 4.70. The van der Waals surface area contributed by atoms with Crippen LogP contribution in [-0.2, 0) is 6.42 Å². The van der Waals surface area contributed by atoms with Gasteiger partial charge in [0.2, 0.25) is 0 Å². The molecule has 1 atom stereocenters. The van der Waals surface area contributed by atoms with Crippen LogP contribution in [0.1, 0.15) is 40.8 Å². The van der Waals surface area contributed by atoms with Crippen LogP contribution in [0.15, 0.2) is 42.6 Å². The number of rotatable bonds is 6. The van der Waals surface area contributed by atoms with E-state index in [9.17, 15) is 9.18 Å². The van der Waals surface area contributed by atoms with E-state index in [2.05, 4.69) is 20.4 Å². The van der Waals surface area contributed by atoms with Gasteiger partial charge < -0.3 is 9.64 Å². The summed E-state index contributed by atoms with van der Waals surface area (Å²) in [6, 6.07) is 9.90. The number of carbonyl (C=O) groups is 1. The summed E-state index contributed by atoms with van der Waals surface area (Å²) in [5, 5.41) is 13.9. The fourth-order valence-corrected chi connectivity index (χ4v) is 3.36. The van der Waals surface area contributed by atoms with Crippen LogP contribution < -0.4 is 4.74 Å². The lowest BCUT2D eigenvalue weighted by Gasteiger charge is -2.22. The summed E-state index contributed by atoms with van der Waals surface area (Å²) in [7, 11) is 0. The number of halogens is 1. The number of aromatic amines is 2. The van der Waals surface area contributed by atoms with Crippen molar-refractivity contribution >= 4 is 5.91 Å². The van der Waals surface area contributed by atoms with E-state index in [4.69, 9.17) is 4.74 Å². The van der Waals surface area contributed by atoms with E-state index < -0.39 is 0 Å². The maximum atomic E-state index is 13.6. The number of benzene rings is 1. The Hall–Kier alpha value is -3.16. The van der Waals surface area contributed by atoms with Crippen LogP contribution >= 0.6 is 0 Å². The molecule has 8 heteroatoms. The van der Waals surface area contributed by atoms with Crippen molar-refractivity contribution in [3.63, 3.8) is 0 Å². The Morgan fingerprint density at radius 2 is 2.19 bits per heavy atom. The standard InChI is InChI=1S/C19H20FN5O2/c20-14-4-1-2-6-18(14)27-11-8-13-12-16(24-22-13)17-5-3-10-25(17)19(26)15-7-9-21-23-15/h1-2,4,6-7,9,12,17H,3,5,8,10-11H2,(H,21,23)(H,22,24)/t17-/m1/s1. The number of amides is 1. The maximum absolute atomic E-state index is 13.6. The topological polar surface area (TPSA) is 86.9 Å². The Morgan fingerprint density at radius 1 is 1.30 bits per heavy atom. The summed E-state index contributed by atoms with van der Waals surface area (Å²) < 4.78 is 19.1. The second kappa shape index (κ2) is 7.61. The number of carbonyl (C=O) groups excluding carboxylic acids is 1. The number of likely N-dealkylation sites (tertiary alicyclic amines) is 1. The average molecular weight is 369 g/mol. The first-order valence-corrected chi connectivity index (χ1v) is 8.94. The molecule has 1 aromatic carbocycles. The van der Waals surface area contributed by atoms with E-state index >= 15 is 0 Å². The van der Waals surface area contributed by atoms with E-state index in [0.29, 0.717) is 25.3 Å². The van der Waals surface area contributed by atoms with Crippen molar-refractivity contribution in [2.75, 3.05) is 13.2 Å². The highest BCUT2D eigenvalue weighted by Gasteiger charge is 2.32. The number of para-hydroxylation sites is 1. The lowest BCUT2D eigenvalue weighted by Crippen LogP contribution is -2.31. The Labute approximate surface area is 155 Å². The first-order valence-electron chi connectivity index (χ1n) is 8.94. The van der Waals surface area contributed by atoms with Gasteiger partial charge in [-0.05, 0) is 37.1 Å². The molecule has 2 aromatic heterocycles. The molecule has 1 aliphatic heterocycles. The summed E-state index contributed by atoms with van der Waals surface area (Å²) in [5.74, 6) is -0.200. The van der Waals surface area contributed by atoms with Crippen molar-refractivity contribution < 1.29 is 13.9 Å². The Bertz CT molecular complexity index is 908. The smallest absolute Gasteiger partial charge is 0.272 e. The van der Waals surface area contributed by atoms with Crippen molar-refractivity contribution in [3.05, 3.63) is 65.5 Å². The Balaban J connectivity index is 1.38. The molecule has 27 heavy (non-hydrogen) atoms. The molecule has 4 rings (SSSR count). The minimum absolute atomic E-state index is 0.0571. The minimum Gasteiger partial charge on any atom is -0.490 e. The van der Waals surface area contributed by atoms with E-state index in [-0.39, 0.29) is 23.5 Å². The van der Waals surface area contributed by atoms with Gasteiger partial charge in [-0.3, -0.25) is 15.0 Å². The summed E-state index contributed by atoms with van der Waals surface area (Å²) in [6.07, 6.45) is 3.95. The highest BCUT2D eigenvalue weighted by Crippen LogP contribution is 2.32. The summed E-state index contributed by atoms with van der Waals surface area (Å²) >= 11 is 0. The van der Waals surface area contributed by atoms with Crippen molar-refractivity contribution in [2.45, 2.75) is 25.3 Å². The summed E-state index contributed by atoms with van der Waals surface area (Å²) in [4.78, 5) is 14.4. The molecule has 2 N–H and O–H groups in total. The van der Waals surface area contributed by atoms with Crippen LogP contribution in [0.5, 0.6) is 5.75 Å². The van der Waals surface area contributed by atoms with Gasteiger partial charge in [0.1, 0.15) is 5.69 Å². The second-order valence-corrected chi connectivity index (χ2v) is 6.47. The Kier molecular flexibility index (Phi) is 4.86. The van der Waals surface area contributed by atoms with E-state index in [1.54, 1.807) is 30.5 Å². The van der Waals surface area contributed by atoms with Crippen molar-refractivity contribution in [1.29, 1.82) is 0 Å². The summed E-state index contributed by atoms with van der Waals surface area (Å²) in [5.41, 5.74) is 2.21. The fraction of sp³-hybridized carbons (Fsp3) is 0.316. The fourth-order valence-electron chi connectivity index (χ4n) is 3.36. The van der Waals surface area contributed by atoms with Gasteiger partial charge in [-0.2, -0.15) is 10.2 Å². The van der Waals surface area contributed by atoms with Gasteiger partial charge in [-0.25, -0.2) is 4.39 Å². The van der Waals surface area contributed by atoms with E-state index in [0.717, 1.165) is 24.2 Å². The first kappa shape index (κ1) is 17.3. The number of hydrogen-bond acceptors (Lipinski definition) is 4. The highest BCUT2D eigenvalue weighted by molar-refractivity contribution is 5.92. The predicted molar refractivity (Wildman–Crippen MR) is 95.8 cm³/mol. The second-order valence-electron chi connectivity index (χ2n) is 6.47. The van der Waals surface area contributed by atoms with Gasteiger partial charge in [0.05, 0.1) is 18.3 Å². The Morgan fingerprint density at radius 3 is 3.00 bits per heavy atom. The molecule has 0 spiro atoms. The van der Waals surface area contributed by atoms with Crippen molar-refractivity contribution in [2.24, 2.45) is 0 Å². The van der Waals surface area contributed by atoms with E-state index in [1.807, 2.05) is 11.0 Å². The minimum atomic E-state index is -0.373. The van der Waals surface area contributed by atoms with Gasteiger partial charge in [0, 0.05) is 24.9 Å². The molecule has 140 valence electrons. The zero-order chi connectivity index (χ0) is 18.6. The van der Waals surface area contributed by atoms with Gasteiger partial charge in [-0.15, -0.1) is 0 Å². The molecular formula is C19H20FN5O2. The normalized spacial score (nSPS) is 16.6. The zero-order valence-corrected chi connectivity index (χ0v) is 14.7. The van der Waals surface area contributed by atoms with Crippen LogP contribution in [0.4, 0.5) is 4.39 Å². The monoisotopic (exact) mass is 369 g/mol. The highest BCUT2D eigenvalue weighted by atomic mass is 19.1. The van der Waals surface area contributed by atoms with Crippen molar-refractivity contribution in [1.82, 2.24) is 25.3 Å². The molecule has 3 heterocycles. The van der Waals surface area contributed by atoms with Gasteiger partial charge in [0.15, 0.2) is 11.6 Å². The number of hydrogen-bond donors (Lipinski definition) is 2. The lowest BCUT2D eigenvalue weighted by molar-refractivity contribution is 0.0727. The first-order chi connectivity index (χ1) is 13.2. The van der Waals surface area contributed by atoms with Crippen LogP contribution in [0.25, 0.3) is 0 Å². The van der Waals surface area contributed by atoms with Crippen LogP contribution in [-0.4, -0.2) is 44.4 Å². The zero-order valence-electron chi connectivity index (χ0n) is 14.7. The maximum Gasteiger partial charge on any atom is 0.272 e. The molecule has 0 saturated carbocycles. The molecule has 1 fully saturated rings. The molecule has 3 aromatic rings. The quantitative estimate of drug-likeness (QED) is 0.699. The largest absolute Gasteiger partial charge is 0.490 e. The van der Waals surface area contributed by atoms with Gasteiger partial charge >= 0.3 is 0 Å². The number of ether oxygens (including phenoxy) is 1. The third kappa shape index (κ3) is 3.69. The predicted octanol–water partition coefficient (Wildman–Crippen LogP) is 2.87. The molecule has 7 nitrogen and oxygen atoms in total. The molecule has 0 aliphatic carbocycles. The number of aromatic nitrogens is 4. The molecule has 1 saturated heterocycles. The number of nitrogens with zero attached hydrogens (tertiary/aromatic N) is 3.